The number of nitrogens with zero attached hydrogens (tertiary/aromatic N) is 3. The number of amides is 1. The van der Waals surface area contributed by atoms with Gasteiger partial charge in [0.05, 0.1) is 17.4 Å². The van der Waals surface area contributed by atoms with Gasteiger partial charge in [-0.05, 0) is 18.6 Å². The van der Waals surface area contributed by atoms with E-state index < -0.39 is 0 Å². The van der Waals surface area contributed by atoms with Gasteiger partial charge < -0.3 is 4.90 Å². The molecule has 0 N–H and O–H groups in total. The lowest BCUT2D eigenvalue weighted by atomic mass is 10.2. The summed E-state index contributed by atoms with van der Waals surface area (Å²) < 4.78 is 1.74. The quantitative estimate of drug-likeness (QED) is 0.717. The molecular weight excluding hydrogens is 330 g/mol. The zero-order chi connectivity index (χ0) is 15.1. The molecular formula is C16H20BrN3O. The number of para-hydroxylation sites is 1. The number of carbonyl (C=O) groups is 1. The molecule has 0 saturated carbocycles. The normalized spacial score (nSPS) is 10.6. The van der Waals surface area contributed by atoms with Crippen LogP contribution in [0.5, 0.6) is 0 Å². The van der Waals surface area contributed by atoms with Crippen LogP contribution in [0.2, 0.25) is 0 Å². The van der Waals surface area contributed by atoms with Crippen LogP contribution in [0, 0.1) is 0 Å². The minimum atomic E-state index is 0.0464. The number of aromatic nitrogens is 2. The third-order valence-corrected chi connectivity index (χ3v) is 3.63. The monoisotopic (exact) mass is 349 g/mol. The Morgan fingerprint density at radius 3 is 2.71 bits per heavy atom. The lowest BCUT2D eigenvalue weighted by Gasteiger charge is -2.20. The number of halogens is 1. The van der Waals surface area contributed by atoms with Gasteiger partial charge >= 0.3 is 0 Å². The lowest BCUT2D eigenvalue weighted by molar-refractivity contribution is 0.0764. The molecule has 1 aromatic carbocycles. The van der Waals surface area contributed by atoms with Crippen molar-refractivity contribution in [1.29, 1.82) is 0 Å². The molecule has 0 aliphatic rings. The summed E-state index contributed by atoms with van der Waals surface area (Å²) in [4.78, 5) is 14.4. The molecule has 2 aromatic rings. The molecule has 0 radical (unpaired) electrons. The van der Waals surface area contributed by atoms with Crippen molar-refractivity contribution in [2.45, 2.75) is 19.8 Å². The predicted molar refractivity (Wildman–Crippen MR) is 88.2 cm³/mol. The van der Waals surface area contributed by atoms with Gasteiger partial charge in [0.1, 0.15) is 0 Å². The van der Waals surface area contributed by atoms with Crippen LogP contribution in [0.25, 0.3) is 5.69 Å². The Hall–Kier alpha value is -1.62. The molecule has 2 rings (SSSR count). The number of hydrogen-bond acceptors (Lipinski definition) is 2. The smallest absolute Gasteiger partial charge is 0.257 e. The molecule has 0 spiro atoms. The third-order valence-electron chi connectivity index (χ3n) is 3.27. The second-order valence-corrected chi connectivity index (χ2v) is 5.64. The minimum absolute atomic E-state index is 0.0464. The van der Waals surface area contributed by atoms with E-state index in [9.17, 15) is 4.79 Å². The van der Waals surface area contributed by atoms with Crippen LogP contribution in [-0.2, 0) is 0 Å². The minimum Gasteiger partial charge on any atom is -0.338 e. The maximum Gasteiger partial charge on any atom is 0.257 e. The van der Waals surface area contributed by atoms with Gasteiger partial charge in [-0.25, -0.2) is 4.68 Å². The van der Waals surface area contributed by atoms with Crippen LogP contribution in [0.4, 0.5) is 0 Å². The molecule has 1 aromatic heterocycles. The van der Waals surface area contributed by atoms with E-state index in [1.807, 2.05) is 35.2 Å². The van der Waals surface area contributed by atoms with Crippen LogP contribution in [0.1, 0.15) is 30.1 Å². The molecule has 21 heavy (non-hydrogen) atoms. The number of rotatable bonds is 7. The van der Waals surface area contributed by atoms with Crippen LogP contribution < -0.4 is 0 Å². The van der Waals surface area contributed by atoms with Crippen LogP contribution in [-0.4, -0.2) is 39.0 Å². The van der Waals surface area contributed by atoms with E-state index in [0.717, 1.165) is 36.9 Å². The standard InChI is InChI=1S/C16H20BrN3O/c1-2-3-10-19(11-9-17)16(21)14-12-18-20(13-14)15-7-5-4-6-8-15/h4-8,12-13H,2-3,9-11H2,1H3. The molecule has 5 heteroatoms. The summed E-state index contributed by atoms with van der Waals surface area (Å²) in [5.74, 6) is 0.0464. The first-order valence-electron chi connectivity index (χ1n) is 7.21. The third kappa shape index (κ3) is 4.17. The van der Waals surface area contributed by atoms with E-state index in [0.29, 0.717) is 5.56 Å². The first kappa shape index (κ1) is 15.8. The second kappa shape index (κ2) is 7.98. The average molecular weight is 350 g/mol. The van der Waals surface area contributed by atoms with E-state index in [1.165, 1.54) is 0 Å². The molecule has 0 aliphatic carbocycles. The van der Waals surface area contributed by atoms with E-state index in [2.05, 4.69) is 28.0 Å². The summed E-state index contributed by atoms with van der Waals surface area (Å²) in [6.07, 6.45) is 5.54. The Kier molecular flexibility index (Phi) is 5.99. The van der Waals surface area contributed by atoms with E-state index in [4.69, 9.17) is 0 Å². The summed E-state index contributed by atoms with van der Waals surface area (Å²) in [5.41, 5.74) is 1.59. The Morgan fingerprint density at radius 1 is 1.29 bits per heavy atom. The van der Waals surface area contributed by atoms with Gasteiger partial charge in [0.15, 0.2) is 0 Å². The molecule has 0 aliphatic heterocycles. The van der Waals surface area contributed by atoms with Crippen molar-refractivity contribution in [2.75, 3.05) is 18.4 Å². The van der Waals surface area contributed by atoms with Gasteiger partial charge in [-0.3, -0.25) is 4.79 Å². The number of carbonyl (C=O) groups excluding carboxylic acids is 1. The Labute approximate surface area is 133 Å². The van der Waals surface area contributed by atoms with Crippen LogP contribution in [0.3, 0.4) is 0 Å². The van der Waals surface area contributed by atoms with Crippen molar-refractivity contribution in [2.24, 2.45) is 0 Å². The number of unbranched alkanes of at least 4 members (excludes halogenated alkanes) is 1. The Balaban J connectivity index is 2.13. The molecule has 112 valence electrons. The molecule has 0 fully saturated rings. The second-order valence-electron chi connectivity index (χ2n) is 4.84. The van der Waals surface area contributed by atoms with Crippen molar-refractivity contribution in [3.8, 4) is 5.69 Å². The Morgan fingerprint density at radius 2 is 2.05 bits per heavy atom. The number of alkyl halides is 1. The fourth-order valence-electron chi connectivity index (χ4n) is 2.10. The van der Waals surface area contributed by atoms with E-state index in [-0.39, 0.29) is 5.91 Å². The van der Waals surface area contributed by atoms with Crippen LogP contribution in [0.15, 0.2) is 42.7 Å². The largest absolute Gasteiger partial charge is 0.338 e. The van der Waals surface area contributed by atoms with Crippen molar-refractivity contribution in [3.63, 3.8) is 0 Å². The first-order chi connectivity index (χ1) is 10.3. The molecule has 0 bridgehead atoms. The Bertz CT molecular complexity index is 568. The highest BCUT2D eigenvalue weighted by atomic mass is 79.9. The maximum absolute atomic E-state index is 12.5. The highest BCUT2D eigenvalue weighted by Crippen LogP contribution is 2.10. The van der Waals surface area contributed by atoms with Gasteiger partial charge in [0.25, 0.3) is 5.91 Å². The maximum atomic E-state index is 12.5. The van der Waals surface area contributed by atoms with Crippen molar-refractivity contribution in [1.82, 2.24) is 14.7 Å². The van der Waals surface area contributed by atoms with Gasteiger partial charge in [0, 0.05) is 24.6 Å². The molecule has 4 nitrogen and oxygen atoms in total. The predicted octanol–water partition coefficient (Wildman–Crippen LogP) is 3.51. The molecule has 0 unspecified atom stereocenters. The van der Waals surface area contributed by atoms with Crippen molar-refractivity contribution >= 4 is 21.8 Å². The fourth-order valence-corrected chi connectivity index (χ4v) is 2.53. The van der Waals surface area contributed by atoms with Crippen LogP contribution >= 0.6 is 15.9 Å². The highest BCUT2D eigenvalue weighted by molar-refractivity contribution is 9.09. The summed E-state index contributed by atoms with van der Waals surface area (Å²) in [6.45, 7) is 3.64. The zero-order valence-corrected chi connectivity index (χ0v) is 13.8. The summed E-state index contributed by atoms with van der Waals surface area (Å²) in [7, 11) is 0. The van der Waals surface area contributed by atoms with Crippen molar-refractivity contribution < 1.29 is 4.79 Å². The SMILES string of the molecule is CCCCN(CCBr)C(=O)c1cnn(-c2ccccc2)c1. The van der Waals surface area contributed by atoms with Crippen molar-refractivity contribution in [3.05, 3.63) is 48.3 Å². The zero-order valence-electron chi connectivity index (χ0n) is 12.2. The molecule has 0 saturated heterocycles. The van der Waals surface area contributed by atoms with E-state index in [1.54, 1.807) is 17.1 Å². The number of benzene rings is 1. The average Bonchev–Trinajstić information content (AvgIpc) is 3.01. The molecule has 0 atom stereocenters. The fraction of sp³-hybridized carbons (Fsp3) is 0.375. The van der Waals surface area contributed by atoms with Gasteiger partial charge in [-0.2, -0.15) is 5.10 Å². The van der Waals surface area contributed by atoms with E-state index >= 15 is 0 Å². The number of hydrogen-bond donors (Lipinski definition) is 0. The lowest BCUT2D eigenvalue weighted by Crippen LogP contribution is -2.33. The summed E-state index contributed by atoms with van der Waals surface area (Å²) in [5, 5.41) is 5.07. The summed E-state index contributed by atoms with van der Waals surface area (Å²) in [6, 6.07) is 9.80. The van der Waals surface area contributed by atoms with Gasteiger partial charge in [-0.15, -0.1) is 0 Å². The highest BCUT2D eigenvalue weighted by Gasteiger charge is 2.16. The van der Waals surface area contributed by atoms with Gasteiger partial charge in [-0.1, -0.05) is 47.5 Å². The van der Waals surface area contributed by atoms with Gasteiger partial charge in [0.2, 0.25) is 0 Å². The molecule has 1 heterocycles. The first-order valence-corrected chi connectivity index (χ1v) is 8.33. The molecule has 1 amide bonds. The topological polar surface area (TPSA) is 38.1 Å². The summed E-state index contributed by atoms with van der Waals surface area (Å²) >= 11 is 3.41.